The summed E-state index contributed by atoms with van der Waals surface area (Å²) in [4.78, 5) is 12.0. The van der Waals surface area contributed by atoms with E-state index in [9.17, 15) is 4.79 Å². The molecule has 0 unspecified atom stereocenters. The summed E-state index contributed by atoms with van der Waals surface area (Å²) in [5, 5.41) is 8.02. The van der Waals surface area contributed by atoms with E-state index in [-0.39, 0.29) is 11.4 Å². The van der Waals surface area contributed by atoms with Gasteiger partial charge in [-0.15, -0.1) is 0 Å². The summed E-state index contributed by atoms with van der Waals surface area (Å²) in [5.41, 5.74) is 1.24. The van der Waals surface area contributed by atoms with Gasteiger partial charge in [-0.2, -0.15) is 5.10 Å². The van der Waals surface area contributed by atoms with Crippen LogP contribution in [0.3, 0.4) is 0 Å². The van der Waals surface area contributed by atoms with Gasteiger partial charge in [-0.1, -0.05) is 15.9 Å². The molecule has 0 spiro atoms. The summed E-state index contributed by atoms with van der Waals surface area (Å²) in [6, 6.07) is 1.79. The maximum absolute atomic E-state index is 12.0. The summed E-state index contributed by atoms with van der Waals surface area (Å²) in [6.45, 7) is 5.89. The molecule has 0 aliphatic rings. The second-order valence-electron chi connectivity index (χ2n) is 4.57. The molecule has 1 rings (SSSR count). The van der Waals surface area contributed by atoms with Crippen LogP contribution < -0.4 is 5.32 Å². The van der Waals surface area contributed by atoms with Crippen molar-refractivity contribution in [1.29, 1.82) is 0 Å². The van der Waals surface area contributed by atoms with Crippen LogP contribution >= 0.6 is 15.9 Å². The molecule has 1 N–H and O–H groups in total. The molecule has 0 saturated heterocycles. The number of carbonyl (C=O) groups is 1. The Kier molecular flexibility index (Phi) is 4.13. The van der Waals surface area contributed by atoms with Gasteiger partial charge in [-0.3, -0.25) is 9.48 Å². The average molecular weight is 288 g/mol. The van der Waals surface area contributed by atoms with Crippen molar-refractivity contribution in [1.82, 2.24) is 15.1 Å². The quantitative estimate of drug-likeness (QED) is 0.862. The lowest BCUT2D eigenvalue weighted by Gasteiger charge is -2.25. The highest BCUT2D eigenvalue weighted by Gasteiger charge is 2.22. The number of hydrogen-bond acceptors (Lipinski definition) is 2. The first kappa shape index (κ1) is 13.2. The molecule has 5 heteroatoms. The largest absolute Gasteiger partial charge is 0.346 e. The number of aromatic nitrogens is 2. The molecule has 1 aromatic heterocycles. The molecule has 0 saturated carbocycles. The molecule has 0 radical (unpaired) electrons. The fourth-order valence-corrected chi connectivity index (χ4v) is 2.48. The predicted octanol–water partition coefficient (Wildman–Crippen LogP) is 2.02. The number of hydrogen-bond donors (Lipinski definition) is 1. The van der Waals surface area contributed by atoms with E-state index in [1.807, 2.05) is 20.8 Å². The van der Waals surface area contributed by atoms with Gasteiger partial charge in [0.25, 0.3) is 5.91 Å². The fraction of sp³-hybridized carbons (Fsp3) is 0.636. The predicted molar refractivity (Wildman–Crippen MR) is 67.9 cm³/mol. The van der Waals surface area contributed by atoms with E-state index in [1.165, 1.54) is 0 Å². The average Bonchev–Trinajstić information content (AvgIpc) is 2.44. The number of nitrogens with zero attached hydrogens (tertiary/aromatic N) is 2. The molecular weight excluding hydrogens is 270 g/mol. The smallest absolute Gasteiger partial charge is 0.269 e. The SMILES string of the molecule is Cc1cc(C(=O)NC(C)(C)CCBr)n(C)n1. The molecule has 16 heavy (non-hydrogen) atoms. The summed E-state index contributed by atoms with van der Waals surface area (Å²) < 4.78 is 1.61. The zero-order valence-corrected chi connectivity index (χ0v) is 11.8. The van der Waals surface area contributed by atoms with Crippen molar-refractivity contribution in [2.75, 3.05) is 5.33 Å². The van der Waals surface area contributed by atoms with Crippen molar-refractivity contribution < 1.29 is 4.79 Å². The standard InChI is InChI=1S/C11H18BrN3O/c1-8-7-9(15(4)14-8)10(16)13-11(2,3)5-6-12/h7H,5-6H2,1-4H3,(H,13,16). The van der Waals surface area contributed by atoms with Gasteiger partial charge in [0.05, 0.1) is 5.69 Å². The van der Waals surface area contributed by atoms with E-state index in [2.05, 4.69) is 26.3 Å². The molecule has 0 fully saturated rings. The highest BCUT2D eigenvalue weighted by molar-refractivity contribution is 9.09. The number of rotatable bonds is 4. The third kappa shape index (κ3) is 3.33. The van der Waals surface area contributed by atoms with Crippen molar-refractivity contribution in [3.63, 3.8) is 0 Å². The van der Waals surface area contributed by atoms with Crippen LogP contribution in [0.5, 0.6) is 0 Å². The second kappa shape index (κ2) is 4.99. The third-order valence-electron chi connectivity index (χ3n) is 2.41. The molecule has 4 nitrogen and oxygen atoms in total. The van der Waals surface area contributed by atoms with E-state index < -0.39 is 0 Å². The van der Waals surface area contributed by atoms with Gasteiger partial charge >= 0.3 is 0 Å². The number of aryl methyl sites for hydroxylation is 2. The highest BCUT2D eigenvalue weighted by Crippen LogP contribution is 2.12. The fourth-order valence-electron chi connectivity index (χ4n) is 1.49. The van der Waals surface area contributed by atoms with Crippen molar-refractivity contribution in [2.24, 2.45) is 7.05 Å². The van der Waals surface area contributed by atoms with Crippen LogP contribution in [0.15, 0.2) is 6.07 Å². The van der Waals surface area contributed by atoms with E-state index in [0.29, 0.717) is 5.69 Å². The van der Waals surface area contributed by atoms with Gasteiger partial charge in [-0.25, -0.2) is 0 Å². The number of amides is 1. The number of alkyl halides is 1. The van der Waals surface area contributed by atoms with Gasteiger partial charge in [0, 0.05) is 17.9 Å². The van der Waals surface area contributed by atoms with Crippen LogP contribution in [0.4, 0.5) is 0 Å². The van der Waals surface area contributed by atoms with Crippen molar-refractivity contribution in [3.8, 4) is 0 Å². The molecule has 90 valence electrons. The highest BCUT2D eigenvalue weighted by atomic mass is 79.9. The van der Waals surface area contributed by atoms with E-state index >= 15 is 0 Å². The Balaban J connectivity index is 2.76. The lowest BCUT2D eigenvalue weighted by Crippen LogP contribution is -2.44. The number of halogens is 1. The molecule has 0 aliphatic carbocycles. The van der Waals surface area contributed by atoms with E-state index in [0.717, 1.165) is 17.4 Å². The first-order chi connectivity index (χ1) is 7.35. The zero-order valence-electron chi connectivity index (χ0n) is 10.2. The molecule has 1 amide bonds. The maximum Gasteiger partial charge on any atom is 0.269 e. The summed E-state index contributed by atoms with van der Waals surface area (Å²) in [7, 11) is 1.78. The van der Waals surface area contributed by atoms with Gasteiger partial charge in [0.15, 0.2) is 0 Å². The van der Waals surface area contributed by atoms with Gasteiger partial charge in [0.1, 0.15) is 5.69 Å². The molecule has 0 aromatic carbocycles. The Morgan fingerprint density at radius 3 is 2.69 bits per heavy atom. The van der Waals surface area contributed by atoms with Gasteiger partial charge < -0.3 is 5.32 Å². The zero-order chi connectivity index (χ0) is 12.3. The molecular formula is C11H18BrN3O. The number of nitrogens with one attached hydrogen (secondary N) is 1. The Morgan fingerprint density at radius 1 is 1.62 bits per heavy atom. The maximum atomic E-state index is 12.0. The molecule has 0 aliphatic heterocycles. The van der Waals surface area contributed by atoms with E-state index in [4.69, 9.17) is 0 Å². The Hall–Kier alpha value is -0.840. The van der Waals surface area contributed by atoms with Gasteiger partial charge in [-0.05, 0) is 33.3 Å². The van der Waals surface area contributed by atoms with Crippen LogP contribution in [0.1, 0.15) is 36.5 Å². The summed E-state index contributed by atoms with van der Waals surface area (Å²) >= 11 is 3.38. The lowest BCUT2D eigenvalue weighted by atomic mass is 10.0. The molecule has 0 atom stereocenters. The van der Waals surface area contributed by atoms with Gasteiger partial charge in [0.2, 0.25) is 0 Å². The van der Waals surface area contributed by atoms with Crippen LogP contribution in [-0.2, 0) is 7.05 Å². The first-order valence-corrected chi connectivity index (χ1v) is 6.37. The van der Waals surface area contributed by atoms with E-state index in [1.54, 1.807) is 17.8 Å². The van der Waals surface area contributed by atoms with Crippen LogP contribution in [-0.4, -0.2) is 26.6 Å². The summed E-state index contributed by atoms with van der Waals surface area (Å²) in [5.74, 6) is -0.0750. The van der Waals surface area contributed by atoms with Crippen molar-refractivity contribution in [2.45, 2.75) is 32.7 Å². The van der Waals surface area contributed by atoms with Crippen LogP contribution in [0.2, 0.25) is 0 Å². The Morgan fingerprint density at radius 2 is 2.25 bits per heavy atom. The summed E-state index contributed by atoms with van der Waals surface area (Å²) in [6.07, 6.45) is 0.884. The minimum atomic E-state index is -0.210. The molecule has 1 aromatic rings. The topological polar surface area (TPSA) is 46.9 Å². The normalized spacial score (nSPS) is 11.6. The first-order valence-electron chi connectivity index (χ1n) is 5.25. The number of carbonyl (C=O) groups excluding carboxylic acids is 1. The minimum absolute atomic E-state index is 0.0750. The van der Waals surface area contributed by atoms with Crippen molar-refractivity contribution in [3.05, 3.63) is 17.5 Å². The van der Waals surface area contributed by atoms with Crippen LogP contribution in [0.25, 0.3) is 0 Å². The minimum Gasteiger partial charge on any atom is -0.346 e. The van der Waals surface area contributed by atoms with Crippen molar-refractivity contribution >= 4 is 21.8 Å². The molecule has 1 heterocycles. The third-order valence-corrected chi connectivity index (χ3v) is 2.80. The Labute approximate surface area is 105 Å². The Bertz CT molecular complexity index is 385. The van der Waals surface area contributed by atoms with Crippen LogP contribution in [0, 0.1) is 6.92 Å². The monoisotopic (exact) mass is 287 g/mol. The molecule has 0 bridgehead atoms. The second-order valence-corrected chi connectivity index (χ2v) is 5.36. The lowest BCUT2D eigenvalue weighted by molar-refractivity contribution is 0.0902.